The molecule has 0 bridgehead atoms. The maximum atomic E-state index is 12.5. The lowest BCUT2D eigenvalue weighted by atomic mass is 10.2. The topological polar surface area (TPSA) is 93.7 Å². The second-order valence-corrected chi connectivity index (χ2v) is 7.79. The summed E-state index contributed by atoms with van der Waals surface area (Å²) < 4.78 is 37.9. The summed E-state index contributed by atoms with van der Waals surface area (Å²) in [6, 6.07) is 13.0. The molecule has 0 spiro atoms. The minimum absolute atomic E-state index is 0.120. The molecule has 8 heteroatoms. The van der Waals surface area contributed by atoms with Gasteiger partial charge in [-0.15, -0.1) is 0 Å². The molecule has 2 aromatic rings. The van der Waals surface area contributed by atoms with Crippen LogP contribution in [0, 0.1) is 6.92 Å². The van der Waals surface area contributed by atoms with E-state index in [-0.39, 0.29) is 23.5 Å². The lowest BCUT2D eigenvalue weighted by Gasteiger charge is -2.14. The van der Waals surface area contributed by atoms with E-state index in [0.717, 1.165) is 0 Å². The van der Waals surface area contributed by atoms with Crippen LogP contribution in [0.5, 0.6) is 5.75 Å². The van der Waals surface area contributed by atoms with E-state index in [4.69, 9.17) is 9.47 Å². The first kappa shape index (κ1) is 20.7. The number of nitrogens with one attached hydrogen (secondary N) is 2. The average Bonchev–Trinajstić information content (AvgIpc) is 2.61. The minimum Gasteiger partial charge on any atom is -0.484 e. The molecule has 146 valence electrons. The minimum atomic E-state index is -3.70. The number of benzene rings is 2. The molecule has 2 aromatic carbocycles. The van der Waals surface area contributed by atoms with Crippen molar-refractivity contribution in [3.63, 3.8) is 0 Å². The number of aryl methyl sites for hydroxylation is 1. The van der Waals surface area contributed by atoms with Crippen molar-refractivity contribution in [1.29, 1.82) is 0 Å². The highest BCUT2D eigenvalue weighted by atomic mass is 32.2. The van der Waals surface area contributed by atoms with Gasteiger partial charge in [0, 0.05) is 18.8 Å². The molecular formula is C19H24N2O5S. The number of para-hydroxylation sites is 1. The van der Waals surface area contributed by atoms with E-state index < -0.39 is 10.0 Å². The first-order valence-electron chi connectivity index (χ1n) is 8.41. The summed E-state index contributed by atoms with van der Waals surface area (Å²) in [6.45, 7) is 3.79. The molecule has 0 unspecified atom stereocenters. The van der Waals surface area contributed by atoms with Crippen LogP contribution in [-0.4, -0.2) is 40.7 Å². The maximum absolute atomic E-state index is 12.5. The lowest BCUT2D eigenvalue weighted by molar-refractivity contribution is -0.124. The number of methoxy groups -OCH3 is 1. The summed E-state index contributed by atoms with van der Waals surface area (Å²) in [7, 11) is -2.14. The van der Waals surface area contributed by atoms with Gasteiger partial charge >= 0.3 is 0 Å². The predicted molar refractivity (Wildman–Crippen MR) is 103 cm³/mol. The van der Waals surface area contributed by atoms with Gasteiger partial charge in [-0.1, -0.05) is 18.2 Å². The van der Waals surface area contributed by atoms with Crippen LogP contribution < -0.4 is 14.8 Å². The Kier molecular flexibility index (Phi) is 7.20. The Bertz CT molecular complexity index is 869. The van der Waals surface area contributed by atoms with E-state index in [1.165, 1.54) is 12.1 Å². The molecule has 7 nitrogen and oxygen atoms in total. The van der Waals surface area contributed by atoms with Crippen molar-refractivity contribution in [3.8, 4) is 5.75 Å². The highest BCUT2D eigenvalue weighted by molar-refractivity contribution is 7.92. The van der Waals surface area contributed by atoms with E-state index >= 15 is 0 Å². The Balaban J connectivity index is 2.01. The molecule has 0 aromatic heterocycles. The molecule has 1 atom stereocenters. The third-order valence-corrected chi connectivity index (χ3v) is 5.04. The normalized spacial score (nSPS) is 12.3. The number of hydrogen-bond donors (Lipinski definition) is 2. The number of sulfonamides is 1. The van der Waals surface area contributed by atoms with Gasteiger partial charge in [0.25, 0.3) is 15.9 Å². The highest BCUT2D eigenvalue weighted by Gasteiger charge is 2.16. The quantitative estimate of drug-likeness (QED) is 0.683. The van der Waals surface area contributed by atoms with Crippen molar-refractivity contribution >= 4 is 21.6 Å². The Hall–Kier alpha value is -2.58. The Morgan fingerprint density at radius 2 is 1.85 bits per heavy atom. The van der Waals surface area contributed by atoms with E-state index in [0.29, 0.717) is 23.6 Å². The van der Waals surface area contributed by atoms with Crippen molar-refractivity contribution < 1.29 is 22.7 Å². The Labute approximate surface area is 159 Å². The molecule has 0 saturated heterocycles. The van der Waals surface area contributed by atoms with Gasteiger partial charge in [0.05, 0.1) is 11.5 Å². The van der Waals surface area contributed by atoms with E-state index in [1.807, 2.05) is 6.92 Å². The van der Waals surface area contributed by atoms with Gasteiger partial charge in [-0.05, 0) is 49.7 Å². The van der Waals surface area contributed by atoms with E-state index in [9.17, 15) is 13.2 Å². The van der Waals surface area contributed by atoms with Gasteiger partial charge in [0.1, 0.15) is 5.75 Å². The number of ether oxygens (including phenoxy) is 2. The summed E-state index contributed by atoms with van der Waals surface area (Å²) in [5.74, 6) is 0.171. The van der Waals surface area contributed by atoms with Crippen LogP contribution in [0.3, 0.4) is 0 Å². The van der Waals surface area contributed by atoms with E-state index in [2.05, 4.69) is 10.0 Å². The lowest BCUT2D eigenvalue weighted by Crippen LogP contribution is -2.38. The molecule has 0 aliphatic heterocycles. The SMILES string of the molecule is COC[C@@H](C)NC(=O)COc1ccc(S(=O)(=O)Nc2ccccc2)cc1C. The highest BCUT2D eigenvalue weighted by Crippen LogP contribution is 2.23. The first-order valence-corrected chi connectivity index (χ1v) is 9.90. The van der Waals surface area contributed by atoms with Gasteiger partial charge in [-0.2, -0.15) is 0 Å². The van der Waals surface area contributed by atoms with E-state index in [1.54, 1.807) is 50.4 Å². The first-order chi connectivity index (χ1) is 12.8. The smallest absolute Gasteiger partial charge is 0.261 e. The summed E-state index contributed by atoms with van der Waals surface area (Å²) in [6.07, 6.45) is 0. The number of carbonyl (C=O) groups excluding carboxylic acids is 1. The van der Waals surface area contributed by atoms with Crippen molar-refractivity contribution in [2.45, 2.75) is 24.8 Å². The zero-order valence-electron chi connectivity index (χ0n) is 15.6. The monoisotopic (exact) mass is 392 g/mol. The second kappa shape index (κ2) is 9.38. The number of rotatable bonds is 9. The maximum Gasteiger partial charge on any atom is 0.261 e. The third-order valence-electron chi connectivity index (χ3n) is 3.67. The van der Waals surface area contributed by atoms with Crippen LogP contribution in [0.15, 0.2) is 53.4 Å². The van der Waals surface area contributed by atoms with Gasteiger partial charge in [0.15, 0.2) is 6.61 Å². The molecule has 2 N–H and O–H groups in total. The Morgan fingerprint density at radius 1 is 1.15 bits per heavy atom. The van der Waals surface area contributed by atoms with Crippen LogP contribution in [0.25, 0.3) is 0 Å². The van der Waals surface area contributed by atoms with Crippen molar-refractivity contribution in [2.24, 2.45) is 0 Å². The molecule has 0 heterocycles. The number of hydrogen-bond acceptors (Lipinski definition) is 5. The fraction of sp³-hybridized carbons (Fsp3) is 0.316. The zero-order valence-corrected chi connectivity index (χ0v) is 16.4. The zero-order chi connectivity index (χ0) is 19.9. The fourth-order valence-corrected chi connectivity index (χ4v) is 3.57. The Morgan fingerprint density at radius 3 is 2.48 bits per heavy atom. The molecule has 0 saturated carbocycles. The van der Waals surface area contributed by atoms with Gasteiger partial charge < -0.3 is 14.8 Å². The molecule has 0 fully saturated rings. The molecule has 27 heavy (non-hydrogen) atoms. The summed E-state index contributed by atoms with van der Waals surface area (Å²) >= 11 is 0. The molecule has 0 aliphatic carbocycles. The standard InChI is InChI=1S/C19H24N2O5S/c1-14-11-17(27(23,24)21-16-7-5-4-6-8-16)9-10-18(14)26-13-19(22)20-15(2)12-25-3/h4-11,15,21H,12-13H2,1-3H3,(H,20,22)/t15-/m1/s1. The number of carbonyl (C=O) groups is 1. The van der Waals surface area contributed by atoms with Gasteiger partial charge in [-0.3, -0.25) is 9.52 Å². The molecule has 2 rings (SSSR count). The van der Waals surface area contributed by atoms with Crippen molar-refractivity contribution in [1.82, 2.24) is 5.32 Å². The summed E-state index contributed by atoms with van der Waals surface area (Å²) in [5, 5.41) is 2.74. The summed E-state index contributed by atoms with van der Waals surface area (Å²) in [5.41, 5.74) is 1.10. The van der Waals surface area contributed by atoms with Crippen molar-refractivity contribution in [2.75, 3.05) is 25.0 Å². The largest absolute Gasteiger partial charge is 0.484 e. The van der Waals surface area contributed by atoms with Gasteiger partial charge in [0.2, 0.25) is 0 Å². The molecule has 1 amide bonds. The van der Waals surface area contributed by atoms with Gasteiger partial charge in [-0.25, -0.2) is 8.42 Å². The van der Waals surface area contributed by atoms with Crippen LogP contribution in [0.1, 0.15) is 12.5 Å². The molecule has 0 aliphatic rings. The van der Waals surface area contributed by atoms with Crippen LogP contribution in [-0.2, 0) is 19.6 Å². The third kappa shape index (κ3) is 6.26. The fourth-order valence-electron chi connectivity index (χ4n) is 2.42. The van der Waals surface area contributed by atoms with Crippen LogP contribution in [0.4, 0.5) is 5.69 Å². The predicted octanol–water partition coefficient (Wildman–Crippen LogP) is 2.33. The molecule has 0 radical (unpaired) electrons. The second-order valence-electron chi connectivity index (χ2n) is 6.11. The molecular weight excluding hydrogens is 368 g/mol. The average molecular weight is 392 g/mol. The van der Waals surface area contributed by atoms with Crippen LogP contribution in [0.2, 0.25) is 0 Å². The van der Waals surface area contributed by atoms with Crippen LogP contribution >= 0.6 is 0 Å². The number of anilines is 1. The van der Waals surface area contributed by atoms with Crippen molar-refractivity contribution in [3.05, 3.63) is 54.1 Å². The summed E-state index contributed by atoms with van der Waals surface area (Å²) in [4.78, 5) is 12.0. The number of amides is 1.